The van der Waals surface area contributed by atoms with Crippen LogP contribution in [0.4, 0.5) is 13.6 Å². The number of nitrogens with zero attached hydrogens (tertiary/aromatic N) is 1. The van der Waals surface area contributed by atoms with Crippen LogP contribution in [0.15, 0.2) is 18.2 Å². The average Bonchev–Trinajstić information content (AvgIpc) is 2.74. The molecule has 0 aliphatic carbocycles. The molecule has 1 heterocycles. The molecule has 0 saturated carbocycles. The lowest BCUT2D eigenvalue weighted by atomic mass is 9.97. The van der Waals surface area contributed by atoms with E-state index in [4.69, 9.17) is 9.47 Å². The van der Waals surface area contributed by atoms with Crippen molar-refractivity contribution in [1.82, 2.24) is 4.90 Å². The smallest absolute Gasteiger partial charge is 0.412 e. The summed E-state index contributed by atoms with van der Waals surface area (Å²) in [7, 11) is 0. The Bertz CT molecular complexity index is 669. The summed E-state index contributed by atoms with van der Waals surface area (Å²) >= 11 is 0. The maximum absolute atomic E-state index is 13.6. The standard InChI is InChI=1S/C19H27F2NO5/c1-18(2,3)27-17(25)22-14(8-11-6-12(20)9-13(21)7-11)16(15(24)10-23)26-19(22,4)5/h6-7,9,14-16,23-24H,8,10H2,1-5H3/t14-,15?,16-/m0/s1. The number of amides is 1. The van der Waals surface area contributed by atoms with Crippen LogP contribution in [0.3, 0.4) is 0 Å². The second-order valence-corrected chi connectivity index (χ2v) is 8.18. The Morgan fingerprint density at radius 1 is 1.30 bits per heavy atom. The summed E-state index contributed by atoms with van der Waals surface area (Å²) in [6, 6.07) is 2.27. The molecule has 1 aliphatic heterocycles. The highest BCUT2D eigenvalue weighted by Crippen LogP contribution is 2.36. The van der Waals surface area contributed by atoms with Gasteiger partial charge in [0.1, 0.15) is 35.2 Å². The van der Waals surface area contributed by atoms with Gasteiger partial charge in [-0.1, -0.05) is 0 Å². The fourth-order valence-electron chi connectivity index (χ4n) is 3.30. The molecule has 0 spiro atoms. The van der Waals surface area contributed by atoms with E-state index >= 15 is 0 Å². The number of hydrogen-bond donors (Lipinski definition) is 2. The lowest BCUT2D eigenvalue weighted by molar-refractivity contribution is -0.110. The van der Waals surface area contributed by atoms with E-state index in [1.807, 2.05) is 0 Å². The first-order valence-electron chi connectivity index (χ1n) is 8.78. The highest BCUT2D eigenvalue weighted by atomic mass is 19.1. The van der Waals surface area contributed by atoms with Crippen molar-refractivity contribution in [2.24, 2.45) is 0 Å². The van der Waals surface area contributed by atoms with E-state index in [1.165, 1.54) is 4.90 Å². The van der Waals surface area contributed by atoms with E-state index in [-0.39, 0.29) is 6.42 Å². The summed E-state index contributed by atoms with van der Waals surface area (Å²) in [6.07, 6.45) is -2.90. The van der Waals surface area contributed by atoms with Gasteiger partial charge in [0.25, 0.3) is 0 Å². The van der Waals surface area contributed by atoms with Crippen molar-refractivity contribution >= 4 is 6.09 Å². The molecular formula is C19H27F2NO5. The molecule has 0 radical (unpaired) electrons. The van der Waals surface area contributed by atoms with Crippen LogP contribution in [0, 0.1) is 11.6 Å². The minimum absolute atomic E-state index is 0.0130. The van der Waals surface area contributed by atoms with Gasteiger partial charge in [0.15, 0.2) is 0 Å². The van der Waals surface area contributed by atoms with E-state index < -0.39 is 53.9 Å². The lowest BCUT2D eigenvalue weighted by Crippen LogP contribution is -2.52. The normalized spacial score (nSPS) is 23.4. The van der Waals surface area contributed by atoms with Crippen LogP contribution < -0.4 is 0 Å². The van der Waals surface area contributed by atoms with Crippen LogP contribution in [0.1, 0.15) is 40.2 Å². The van der Waals surface area contributed by atoms with Crippen molar-refractivity contribution in [2.75, 3.05) is 6.61 Å². The van der Waals surface area contributed by atoms with Gasteiger partial charge < -0.3 is 19.7 Å². The van der Waals surface area contributed by atoms with E-state index in [1.54, 1.807) is 34.6 Å². The molecule has 2 rings (SSSR count). The first-order valence-corrected chi connectivity index (χ1v) is 8.78. The van der Waals surface area contributed by atoms with E-state index in [9.17, 15) is 23.8 Å². The highest BCUT2D eigenvalue weighted by molar-refractivity contribution is 5.70. The van der Waals surface area contributed by atoms with Crippen molar-refractivity contribution < 1.29 is 33.3 Å². The minimum atomic E-state index is -1.28. The van der Waals surface area contributed by atoms with E-state index in [0.717, 1.165) is 18.2 Å². The average molecular weight is 387 g/mol. The zero-order valence-electron chi connectivity index (χ0n) is 16.2. The van der Waals surface area contributed by atoms with Crippen LogP contribution in [0.5, 0.6) is 0 Å². The van der Waals surface area contributed by atoms with E-state index in [0.29, 0.717) is 5.56 Å². The molecule has 27 heavy (non-hydrogen) atoms. The zero-order chi connectivity index (χ0) is 20.6. The maximum atomic E-state index is 13.6. The van der Waals surface area contributed by atoms with Crippen LogP contribution in [-0.4, -0.2) is 57.4 Å². The fraction of sp³-hybridized carbons (Fsp3) is 0.632. The van der Waals surface area contributed by atoms with Crippen LogP contribution in [0.2, 0.25) is 0 Å². The molecule has 6 nitrogen and oxygen atoms in total. The summed E-state index contributed by atoms with van der Waals surface area (Å²) in [4.78, 5) is 14.1. The van der Waals surface area contributed by atoms with Gasteiger partial charge in [-0.05, 0) is 58.7 Å². The van der Waals surface area contributed by atoms with E-state index in [2.05, 4.69) is 0 Å². The molecule has 0 bridgehead atoms. The molecule has 2 N–H and O–H groups in total. The number of aliphatic hydroxyl groups excluding tert-OH is 2. The SMILES string of the molecule is CC(C)(C)OC(=O)N1[C@@H](Cc2cc(F)cc(F)c2)[C@@H](C(O)CO)OC1(C)C. The molecule has 1 amide bonds. The molecule has 1 unspecified atom stereocenters. The highest BCUT2D eigenvalue weighted by Gasteiger charge is 2.53. The first kappa shape index (κ1) is 21.5. The molecule has 1 aromatic rings. The number of hydrogen-bond acceptors (Lipinski definition) is 5. The third kappa shape index (κ3) is 5.15. The Morgan fingerprint density at radius 2 is 1.85 bits per heavy atom. The monoisotopic (exact) mass is 387 g/mol. The van der Waals surface area contributed by atoms with Gasteiger partial charge in [-0.15, -0.1) is 0 Å². The fourth-order valence-corrected chi connectivity index (χ4v) is 3.30. The molecule has 1 aromatic carbocycles. The van der Waals surface area contributed by atoms with Crippen molar-refractivity contribution in [3.8, 4) is 0 Å². The number of rotatable bonds is 4. The molecule has 8 heteroatoms. The Hall–Kier alpha value is -1.77. The molecule has 152 valence electrons. The summed E-state index contributed by atoms with van der Waals surface area (Å²) in [6.45, 7) is 7.81. The van der Waals surface area contributed by atoms with Crippen molar-refractivity contribution in [1.29, 1.82) is 0 Å². The largest absolute Gasteiger partial charge is 0.444 e. The number of carbonyl (C=O) groups excluding carboxylic acids is 1. The second-order valence-electron chi connectivity index (χ2n) is 8.18. The van der Waals surface area contributed by atoms with Crippen LogP contribution in [-0.2, 0) is 15.9 Å². The number of halogens is 2. The predicted octanol–water partition coefficient (Wildman–Crippen LogP) is 2.60. The Labute approximate surface area is 157 Å². The van der Waals surface area contributed by atoms with Gasteiger partial charge in [-0.2, -0.15) is 0 Å². The number of aliphatic hydroxyl groups is 2. The molecule has 1 fully saturated rings. The molecule has 1 saturated heterocycles. The summed E-state index contributed by atoms with van der Waals surface area (Å²) < 4.78 is 38.4. The van der Waals surface area contributed by atoms with Gasteiger partial charge in [0.2, 0.25) is 0 Å². The third-order valence-corrected chi connectivity index (χ3v) is 4.24. The van der Waals surface area contributed by atoms with Gasteiger partial charge in [-0.3, -0.25) is 4.90 Å². The van der Waals surface area contributed by atoms with Gasteiger partial charge in [0.05, 0.1) is 12.6 Å². The lowest BCUT2D eigenvalue weighted by Gasteiger charge is -2.35. The Kier molecular flexibility index (Phi) is 6.13. The van der Waals surface area contributed by atoms with Gasteiger partial charge >= 0.3 is 6.09 Å². The summed E-state index contributed by atoms with van der Waals surface area (Å²) in [5, 5.41) is 19.5. The summed E-state index contributed by atoms with van der Waals surface area (Å²) in [5.74, 6) is -1.49. The van der Waals surface area contributed by atoms with Gasteiger partial charge in [0, 0.05) is 6.07 Å². The van der Waals surface area contributed by atoms with Crippen molar-refractivity contribution in [2.45, 2.75) is 70.6 Å². The first-order chi connectivity index (χ1) is 12.3. The molecule has 3 atom stereocenters. The predicted molar refractivity (Wildman–Crippen MR) is 94.0 cm³/mol. The zero-order valence-corrected chi connectivity index (χ0v) is 16.2. The number of carbonyl (C=O) groups is 1. The number of benzene rings is 1. The topological polar surface area (TPSA) is 79.2 Å². The minimum Gasteiger partial charge on any atom is -0.444 e. The number of ether oxygens (including phenoxy) is 2. The summed E-state index contributed by atoms with van der Waals surface area (Å²) in [5.41, 5.74) is -1.63. The Morgan fingerprint density at radius 3 is 2.33 bits per heavy atom. The molecule has 0 aromatic heterocycles. The quantitative estimate of drug-likeness (QED) is 0.830. The molecular weight excluding hydrogens is 360 g/mol. The second kappa shape index (κ2) is 7.69. The Balaban J connectivity index is 2.41. The van der Waals surface area contributed by atoms with Gasteiger partial charge in [-0.25, -0.2) is 13.6 Å². The van der Waals surface area contributed by atoms with Crippen molar-refractivity contribution in [3.05, 3.63) is 35.4 Å². The third-order valence-electron chi connectivity index (χ3n) is 4.24. The van der Waals surface area contributed by atoms with Crippen molar-refractivity contribution in [3.63, 3.8) is 0 Å². The van der Waals surface area contributed by atoms with Crippen LogP contribution >= 0.6 is 0 Å². The maximum Gasteiger partial charge on any atom is 0.412 e. The van der Waals surface area contributed by atoms with Crippen LogP contribution in [0.25, 0.3) is 0 Å². The molecule has 1 aliphatic rings.